The van der Waals surface area contributed by atoms with E-state index >= 15 is 4.39 Å². The van der Waals surface area contributed by atoms with Gasteiger partial charge in [-0.25, -0.2) is 15.5 Å². The summed E-state index contributed by atoms with van der Waals surface area (Å²) in [5.74, 6) is 0.0372. The van der Waals surface area contributed by atoms with Gasteiger partial charge in [-0.05, 0) is 50.7 Å². The summed E-state index contributed by atoms with van der Waals surface area (Å²) in [7, 11) is 0. The number of pyridine rings is 1. The summed E-state index contributed by atoms with van der Waals surface area (Å²) in [6, 6.07) is 5.26. The highest BCUT2D eigenvalue weighted by molar-refractivity contribution is 5.92. The number of aromatic nitrogens is 3. The molecule has 8 nitrogen and oxygen atoms in total. The molecule has 0 aromatic carbocycles. The van der Waals surface area contributed by atoms with Gasteiger partial charge < -0.3 is 9.74 Å². The maximum Gasteiger partial charge on any atom is 0.302 e. The summed E-state index contributed by atoms with van der Waals surface area (Å²) < 4.78 is 17.5. The predicted molar refractivity (Wildman–Crippen MR) is 106 cm³/mol. The molecule has 3 fully saturated rings. The maximum atomic E-state index is 16.0. The molecule has 9 heteroatoms. The summed E-state index contributed by atoms with van der Waals surface area (Å²) in [6.45, 7) is 7.94. The molecule has 1 spiro atoms. The van der Waals surface area contributed by atoms with Gasteiger partial charge in [-0.2, -0.15) is 4.98 Å². The smallest absolute Gasteiger partial charge is 0.302 e. The lowest BCUT2D eigenvalue weighted by atomic mass is 9.64. The number of carbonyl (C=O) groups excluding carboxylic acids is 2. The van der Waals surface area contributed by atoms with Crippen LogP contribution in [-0.4, -0.2) is 50.9 Å². The third-order valence-corrected chi connectivity index (χ3v) is 6.72. The van der Waals surface area contributed by atoms with Gasteiger partial charge in [0.25, 0.3) is 6.54 Å². The quantitative estimate of drug-likeness (QED) is 0.786. The first-order valence-electron chi connectivity index (χ1n) is 10.4. The highest BCUT2D eigenvalue weighted by atomic mass is 19.1. The lowest BCUT2D eigenvalue weighted by molar-refractivity contribution is -0.146. The second kappa shape index (κ2) is 6.76. The van der Waals surface area contributed by atoms with Gasteiger partial charge in [-0.15, -0.1) is 5.10 Å². The third-order valence-electron chi connectivity index (χ3n) is 6.72. The Balaban J connectivity index is 1.31. The van der Waals surface area contributed by atoms with Crippen molar-refractivity contribution in [2.24, 2.45) is 11.3 Å². The second-order valence-electron chi connectivity index (χ2n) is 8.91. The fourth-order valence-electron chi connectivity index (χ4n) is 4.71. The van der Waals surface area contributed by atoms with Crippen LogP contribution in [0.25, 0.3) is 10.5 Å². The minimum Gasteiger partial charge on any atom is -0.335 e. The number of hydrogen-bond donors (Lipinski definition) is 1. The van der Waals surface area contributed by atoms with Gasteiger partial charge in [0.05, 0.1) is 5.69 Å². The van der Waals surface area contributed by atoms with E-state index in [1.807, 2.05) is 0 Å². The average Bonchev–Trinajstić information content (AvgIpc) is 3.47. The van der Waals surface area contributed by atoms with Crippen LogP contribution in [0.1, 0.15) is 44.2 Å². The Kier molecular flexibility index (Phi) is 4.27. The molecule has 2 aromatic rings. The maximum absolute atomic E-state index is 16.0. The molecule has 0 atom stereocenters. The number of rotatable bonds is 4. The molecule has 1 aliphatic heterocycles. The third kappa shape index (κ3) is 3.20. The number of amides is 2. The molecular weight excluding hydrogens is 387 g/mol. The molecule has 1 saturated heterocycles. The van der Waals surface area contributed by atoms with Crippen LogP contribution in [0.15, 0.2) is 18.2 Å². The van der Waals surface area contributed by atoms with E-state index in [0.717, 1.165) is 12.8 Å². The highest BCUT2D eigenvalue weighted by Gasteiger charge is 2.52. The molecule has 2 aromatic heterocycles. The van der Waals surface area contributed by atoms with Crippen LogP contribution in [0, 0.1) is 17.9 Å². The highest BCUT2D eigenvalue weighted by Crippen LogP contribution is 2.51. The molecular formula is C21H23FN6O2. The van der Waals surface area contributed by atoms with Gasteiger partial charge >= 0.3 is 5.91 Å². The number of alkyl halides is 1. The Bertz CT molecular complexity index is 1050. The molecule has 1 N–H and O–H groups in total. The molecule has 5 rings (SSSR count). The SMILES string of the molecule is [C-]#[N+]CC(=O)N1CC2(CCC(F)(c3cccc4nc(NC(=O)C5CC5)nn34)CC2)C1. The fraction of sp³-hybridized carbons (Fsp3) is 0.571. The number of anilines is 1. The van der Waals surface area contributed by atoms with Crippen molar-refractivity contribution in [3.05, 3.63) is 35.3 Å². The van der Waals surface area contributed by atoms with Crippen molar-refractivity contribution in [2.75, 3.05) is 25.0 Å². The minimum absolute atomic E-state index is 0.0348. The molecule has 3 aliphatic rings. The van der Waals surface area contributed by atoms with Crippen molar-refractivity contribution in [2.45, 2.75) is 44.2 Å². The second-order valence-corrected chi connectivity index (χ2v) is 8.91. The number of carbonyl (C=O) groups is 2. The molecule has 0 unspecified atom stereocenters. The van der Waals surface area contributed by atoms with Crippen LogP contribution in [0.5, 0.6) is 0 Å². The zero-order valence-corrected chi connectivity index (χ0v) is 16.6. The Labute approximate surface area is 173 Å². The van der Waals surface area contributed by atoms with E-state index in [4.69, 9.17) is 6.57 Å². The van der Waals surface area contributed by atoms with Gasteiger partial charge in [-0.1, -0.05) is 6.07 Å². The standard InChI is InChI=1S/C21H23FN6O2/c1-23-11-17(29)27-12-20(13-27)7-9-21(22,10-8-20)15-3-2-4-16-24-19(26-28(15)16)25-18(30)14-5-6-14/h2-4,14H,5-13H2,(H,25,26,30). The Hall–Kier alpha value is -3.02. The molecule has 2 aliphatic carbocycles. The first-order valence-corrected chi connectivity index (χ1v) is 10.4. The largest absolute Gasteiger partial charge is 0.335 e. The van der Waals surface area contributed by atoms with Crippen LogP contribution in [0.2, 0.25) is 0 Å². The number of nitrogens with zero attached hydrogens (tertiary/aromatic N) is 5. The van der Waals surface area contributed by atoms with E-state index in [0.29, 0.717) is 50.1 Å². The molecule has 0 radical (unpaired) electrons. The molecule has 156 valence electrons. The van der Waals surface area contributed by atoms with Crippen LogP contribution in [0.3, 0.4) is 0 Å². The van der Waals surface area contributed by atoms with Gasteiger partial charge in [0, 0.05) is 24.4 Å². The van der Waals surface area contributed by atoms with Crippen LogP contribution >= 0.6 is 0 Å². The summed E-state index contributed by atoms with van der Waals surface area (Å²) >= 11 is 0. The van der Waals surface area contributed by atoms with E-state index in [1.54, 1.807) is 23.1 Å². The first-order chi connectivity index (χ1) is 14.4. The number of nitrogens with one attached hydrogen (secondary N) is 1. The average molecular weight is 410 g/mol. The summed E-state index contributed by atoms with van der Waals surface area (Å²) in [5.41, 5.74) is -0.602. The van der Waals surface area contributed by atoms with Crippen molar-refractivity contribution in [3.8, 4) is 0 Å². The fourth-order valence-corrected chi connectivity index (χ4v) is 4.71. The first kappa shape index (κ1) is 19.0. The van der Waals surface area contributed by atoms with E-state index < -0.39 is 5.67 Å². The zero-order valence-electron chi connectivity index (χ0n) is 16.6. The van der Waals surface area contributed by atoms with E-state index in [2.05, 4.69) is 20.2 Å². The van der Waals surface area contributed by atoms with Crippen molar-refractivity contribution in [3.63, 3.8) is 0 Å². The van der Waals surface area contributed by atoms with E-state index in [-0.39, 0.29) is 35.6 Å². The summed E-state index contributed by atoms with van der Waals surface area (Å²) in [5, 5.41) is 7.09. The number of halogens is 1. The van der Waals surface area contributed by atoms with Gasteiger partial charge in [0.2, 0.25) is 11.9 Å². The number of hydrogen-bond acceptors (Lipinski definition) is 4. The summed E-state index contributed by atoms with van der Waals surface area (Å²) in [4.78, 5) is 33.1. The Morgan fingerprint density at radius 2 is 1.97 bits per heavy atom. The topological polar surface area (TPSA) is 84.0 Å². The van der Waals surface area contributed by atoms with E-state index in [1.165, 1.54) is 4.52 Å². The normalized spacial score (nSPS) is 21.8. The van der Waals surface area contributed by atoms with Crippen molar-refractivity contribution >= 4 is 23.4 Å². The molecule has 3 heterocycles. The lowest BCUT2D eigenvalue weighted by Gasteiger charge is -2.54. The van der Waals surface area contributed by atoms with Crippen LogP contribution in [0.4, 0.5) is 10.3 Å². The molecule has 0 bridgehead atoms. The number of fused-ring (bicyclic) bond motifs is 1. The molecule has 2 saturated carbocycles. The monoisotopic (exact) mass is 410 g/mol. The Morgan fingerprint density at radius 1 is 1.23 bits per heavy atom. The van der Waals surface area contributed by atoms with Gasteiger partial charge in [0.15, 0.2) is 11.3 Å². The van der Waals surface area contributed by atoms with Crippen LogP contribution < -0.4 is 5.32 Å². The minimum atomic E-state index is -1.53. The van der Waals surface area contributed by atoms with Gasteiger partial charge in [-0.3, -0.25) is 14.9 Å². The van der Waals surface area contributed by atoms with Crippen LogP contribution in [-0.2, 0) is 15.3 Å². The predicted octanol–water partition coefficient (Wildman–Crippen LogP) is 2.56. The Morgan fingerprint density at radius 3 is 2.63 bits per heavy atom. The number of likely N-dealkylation sites (tertiary alicyclic amines) is 1. The molecule has 30 heavy (non-hydrogen) atoms. The molecule has 2 amide bonds. The lowest BCUT2D eigenvalue weighted by Crippen LogP contribution is -2.60. The van der Waals surface area contributed by atoms with Crippen molar-refractivity contribution in [1.82, 2.24) is 19.5 Å². The van der Waals surface area contributed by atoms with Crippen molar-refractivity contribution < 1.29 is 14.0 Å². The summed E-state index contributed by atoms with van der Waals surface area (Å²) in [6.07, 6.45) is 3.84. The van der Waals surface area contributed by atoms with E-state index in [9.17, 15) is 9.59 Å². The van der Waals surface area contributed by atoms with Crippen molar-refractivity contribution in [1.29, 1.82) is 0 Å². The zero-order chi connectivity index (χ0) is 20.9. The van der Waals surface area contributed by atoms with Gasteiger partial charge in [0.1, 0.15) is 0 Å².